The van der Waals surface area contributed by atoms with Crippen LogP contribution in [0.3, 0.4) is 0 Å². The number of nitrogens with one attached hydrogen (secondary N) is 2. The van der Waals surface area contributed by atoms with Crippen LogP contribution in [0, 0.1) is 5.82 Å². The van der Waals surface area contributed by atoms with E-state index in [1.807, 2.05) is 6.92 Å². The number of carbonyl (C=O) groups is 1. The Morgan fingerprint density at radius 1 is 1.16 bits per heavy atom. The number of likely N-dealkylation sites (N-methyl/N-ethyl adjacent to an activating group) is 1. The maximum atomic E-state index is 14.1. The lowest BCUT2D eigenvalue weighted by atomic mass is 10.0. The van der Waals surface area contributed by atoms with Crippen LogP contribution in [0.1, 0.15) is 48.1 Å². The van der Waals surface area contributed by atoms with E-state index in [1.165, 1.54) is 30.3 Å². The second-order valence-electron chi connectivity index (χ2n) is 7.97. The first-order valence-corrected chi connectivity index (χ1v) is 10.7. The van der Waals surface area contributed by atoms with Gasteiger partial charge in [0.05, 0.1) is 17.1 Å². The zero-order valence-electron chi connectivity index (χ0n) is 18.0. The highest BCUT2D eigenvalue weighted by atomic mass is 19.3. The van der Waals surface area contributed by atoms with Crippen molar-refractivity contribution in [1.29, 1.82) is 0 Å². The smallest absolute Gasteiger partial charge is 0.295 e. The molecule has 0 aliphatic carbocycles. The third-order valence-corrected chi connectivity index (χ3v) is 5.93. The Bertz CT molecular complexity index is 1110. The van der Waals surface area contributed by atoms with Crippen LogP contribution in [-0.4, -0.2) is 53.5 Å². The zero-order chi connectivity index (χ0) is 22.8. The lowest BCUT2D eigenvalue weighted by Crippen LogP contribution is -2.46. The van der Waals surface area contributed by atoms with Crippen molar-refractivity contribution in [3.05, 3.63) is 59.2 Å². The Hall–Kier alpha value is -3.07. The number of alkyl halides is 2. The molecule has 1 aliphatic heterocycles. The van der Waals surface area contributed by atoms with Gasteiger partial charge in [0, 0.05) is 43.0 Å². The number of H-pyrrole nitrogens is 1. The van der Waals surface area contributed by atoms with E-state index in [1.54, 1.807) is 6.07 Å². The summed E-state index contributed by atoms with van der Waals surface area (Å²) in [5, 5.41) is 2.91. The molecular formula is C23H26F3N5O. The second kappa shape index (κ2) is 9.20. The van der Waals surface area contributed by atoms with Gasteiger partial charge in [-0.1, -0.05) is 6.92 Å². The molecule has 1 unspecified atom stereocenters. The van der Waals surface area contributed by atoms with Crippen molar-refractivity contribution in [3.8, 4) is 0 Å². The van der Waals surface area contributed by atoms with Crippen molar-refractivity contribution in [1.82, 2.24) is 20.2 Å². The van der Waals surface area contributed by atoms with Gasteiger partial charge in [-0.25, -0.2) is 18.2 Å². The van der Waals surface area contributed by atoms with Crippen molar-refractivity contribution < 1.29 is 18.0 Å². The Labute approximate surface area is 184 Å². The van der Waals surface area contributed by atoms with Crippen molar-refractivity contribution in [2.45, 2.75) is 26.3 Å². The van der Waals surface area contributed by atoms with E-state index in [2.05, 4.69) is 32.0 Å². The topological polar surface area (TPSA) is 64.3 Å². The van der Waals surface area contributed by atoms with Crippen LogP contribution in [0.5, 0.6) is 0 Å². The molecule has 1 aliphatic rings. The Kier molecular flexibility index (Phi) is 6.36. The molecule has 3 aromatic rings. The van der Waals surface area contributed by atoms with Gasteiger partial charge in [0.25, 0.3) is 12.3 Å². The number of hydrogen-bond acceptors (Lipinski definition) is 4. The van der Waals surface area contributed by atoms with E-state index < -0.39 is 18.3 Å². The predicted octanol–water partition coefficient (Wildman–Crippen LogP) is 4.27. The highest BCUT2D eigenvalue weighted by Gasteiger charge is 2.22. The average molecular weight is 445 g/mol. The molecule has 0 saturated carbocycles. The molecule has 32 heavy (non-hydrogen) atoms. The molecule has 9 heteroatoms. The van der Waals surface area contributed by atoms with E-state index in [4.69, 9.17) is 0 Å². The average Bonchev–Trinajstić information content (AvgIpc) is 3.23. The summed E-state index contributed by atoms with van der Waals surface area (Å²) in [4.78, 5) is 23.8. The van der Waals surface area contributed by atoms with Crippen LogP contribution in [0.4, 0.5) is 18.9 Å². The standard InChI is InChI=1S/C23H26F3N5O/c1-3-30-8-10-31(11-9-30)20-7-5-16(24)13-17(20)14(2)27-23(32)15-4-6-18-19(12-15)29-22(28-18)21(25)26/h4-7,12-14,21H,3,8-11H2,1-2H3,(H,27,32)(H,28,29). The highest BCUT2D eigenvalue weighted by Crippen LogP contribution is 2.29. The van der Waals surface area contributed by atoms with Gasteiger partial charge in [0.1, 0.15) is 5.82 Å². The van der Waals surface area contributed by atoms with Crippen molar-refractivity contribution in [2.75, 3.05) is 37.6 Å². The minimum atomic E-state index is -2.72. The molecule has 0 spiro atoms. The number of imidazole rings is 1. The number of piperazine rings is 1. The minimum Gasteiger partial charge on any atom is -0.369 e. The summed E-state index contributed by atoms with van der Waals surface area (Å²) in [6.45, 7) is 8.45. The monoisotopic (exact) mass is 445 g/mol. The molecule has 2 heterocycles. The summed E-state index contributed by atoms with van der Waals surface area (Å²) in [6, 6.07) is 8.76. The van der Waals surface area contributed by atoms with Crippen LogP contribution in [-0.2, 0) is 0 Å². The van der Waals surface area contributed by atoms with Gasteiger partial charge in [-0.3, -0.25) is 4.79 Å². The summed E-state index contributed by atoms with van der Waals surface area (Å²) >= 11 is 0. The quantitative estimate of drug-likeness (QED) is 0.595. The molecule has 0 bridgehead atoms. The molecule has 2 N–H and O–H groups in total. The number of fused-ring (bicyclic) bond motifs is 1. The van der Waals surface area contributed by atoms with Crippen LogP contribution in [0.15, 0.2) is 36.4 Å². The van der Waals surface area contributed by atoms with Gasteiger partial charge in [-0.15, -0.1) is 0 Å². The molecule has 6 nitrogen and oxygen atoms in total. The maximum Gasteiger partial charge on any atom is 0.295 e. The number of hydrogen-bond donors (Lipinski definition) is 2. The van der Waals surface area contributed by atoms with Crippen LogP contribution in [0.25, 0.3) is 11.0 Å². The molecule has 2 aromatic carbocycles. The van der Waals surface area contributed by atoms with Gasteiger partial charge in [0.15, 0.2) is 5.82 Å². The third-order valence-electron chi connectivity index (χ3n) is 5.93. The molecule has 1 amide bonds. The van der Waals surface area contributed by atoms with Gasteiger partial charge in [0.2, 0.25) is 0 Å². The lowest BCUT2D eigenvalue weighted by Gasteiger charge is -2.37. The Morgan fingerprint density at radius 3 is 2.59 bits per heavy atom. The first-order chi connectivity index (χ1) is 15.4. The fourth-order valence-electron chi connectivity index (χ4n) is 4.10. The molecule has 170 valence electrons. The summed E-state index contributed by atoms with van der Waals surface area (Å²) in [5.41, 5.74) is 2.64. The van der Waals surface area contributed by atoms with E-state index >= 15 is 0 Å². The van der Waals surface area contributed by atoms with E-state index in [0.29, 0.717) is 22.2 Å². The third kappa shape index (κ3) is 4.57. The zero-order valence-corrected chi connectivity index (χ0v) is 18.0. The van der Waals surface area contributed by atoms with Crippen LogP contribution < -0.4 is 10.2 Å². The van der Waals surface area contributed by atoms with E-state index in [9.17, 15) is 18.0 Å². The molecule has 0 radical (unpaired) electrons. The van der Waals surface area contributed by atoms with Crippen LogP contribution >= 0.6 is 0 Å². The second-order valence-corrected chi connectivity index (χ2v) is 7.97. The predicted molar refractivity (Wildman–Crippen MR) is 118 cm³/mol. The van der Waals surface area contributed by atoms with E-state index in [0.717, 1.165) is 38.4 Å². The summed E-state index contributed by atoms with van der Waals surface area (Å²) in [5.74, 6) is -1.17. The maximum absolute atomic E-state index is 14.1. The number of aromatic nitrogens is 2. The number of nitrogens with zero attached hydrogens (tertiary/aromatic N) is 3. The number of rotatable bonds is 6. The first-order valence-electron chi connectivity index (χ1n) is 10.7. The molecule has 4 rings (SSSR count). The lowest BCUT2D eigenvalue weighted by molar-refractivity contribution is 0.0940. The number of anilines is 1. The van der Waals surface area contributed by atoms with Gasteiger partial charge in [-0.2, -0.15) is 0 Å². The summed E-state index contributed by atoms with van der Waals surface area (Å²) in [6.07, 6.45) is -2.72. The minimum absolute atomic E-state index is 0.309. The fourth-order valence-corrected chi connectivity index (χ4v) is 4.10. The number of aromatic amines is 1. The summed E-state index contributed by atoms with van der Waals surface area (Å²) in [7, 11) is 0. The van der Waals surface area contributed by atoms with Crippen molar-refractivity contribution >= 4 is 22.6 Å². The van der Waals surface area contributed by atoms with Gasteiger partial charge < -0.3 is 20.1 Å². The van der Waals surface area contributed by atoms with Gasteiger partial charge >= 0.3 is 0 Å². The number of benzene rings is 2. The van der Waals surface area contributed by atoms with Gasteiger partial charge in [-0.05, 0) is 49.9 Å². The fraction of sp³-hybridized carbons (Fsp3) is 0.391. The Balaban J connectivity index is 1.53. The number of halogens is 3. The van der Waals surface area contributed by atoms with Crippen molar-refractivity contribution in [3.63, 3.8) is 0 Å². The molecule has 1 aromatic heterocycles. The molecule has 1 saturated heterocycles. The van der Waals surface area contributed by atoms with Crippen LogP contribution in [0.2, 0.25) is 0 Å². The largest absolute Gasteiger partial charge is 0.369 e. The number of amides is 1. The number of carbonyl (C=O) groups excluding carboxylic acids is 1. The first kappa shape index (κ1) is 22.1. The normalized spacial score (nSPS) is 16.0. The molecular weight excluding hydrogens is 419 g/mol. The Morgan fingerprint density at radius 2 is 1.91 bits per heavy atom. The highest BCUT2D eigenvalue weighted by molar-refractivity contribution is 5.97. The van der Waals surface area contributed by atoms with Crippen molar-refractivity contribution in [2.24, 2.45) is 0 Å². The molecule has 1 atom stereocenters. The van der Waals surface area contributed by atoms with E-state index in [-0.39, 0.29) is 11.7 Å². The molecule has 1 fully saturated rings. The summed E-state index contributed by atoms with van der Waals surface area (Å²) < 4.78 is 39.8. The SMILES string of the molecule is CCN1CCN(c2ccc(F)cc2C(C)NC(=O)c2ccc3nc(C(F)F)[nH]c3c2)CC1.